The summed E-state index contributed by atoms with van der Waals surface area (Å²) in [6.45, 7) is 5.78. The fraction of sp³-hybridized carbons (Fsp3) is 0.438. The van der Waals surface area contributed by atoms with Crippen molar-refractivity contribution in [2.75, 3.05) is 20.1 Å². The number of hydrogen-bond acceptors (Lipinski definition) is 2. The van der Waals surface area contributed by atoms with Gasteiger partial charge in [-0.15, -0.1) is 5.73 Å². The average Bonchev–Trinajstić information content (AvgIpc) is 2.56. The zero-order chi connectivity index (χ0) is 12.8. The highest BCUT2D eigenvalue weighted by Gasteiger charge is 2.16. The average molecular weight is 243 g/mol. The lowest BCUT2D eigenvalue weighted by atomic mass is 10.2. The smallest absolute Gasteiger partial charge is 0.119 e. The molecule has 1 saturated heterocycles. The molecule has 1 fully saturated rings. The maximum absolute atomic E-state index is 6.05. The Morgan fingerprint density at radius 2 is 2.11 bits per heavy atom. The Balaban J connectivity index is 1.97. The highest BCUT2D eigenvalue weighted by Crippen LogP contribution is 2.19. The fourth-order valence-electron chi connectivity index (χ4n) is 2.33. The minimum absolute atomic E-state index is 0.318. The third kappa shape index (κ3) is 3.76. The molecular weight excluding hydrogens is 222 g/mol. The lowest BCUT2D eigenvalue weighted by Crippen LogP contribution is -2.31. The lowest BCUT2D eigenvalue weighted by molar-refractivity contribution is 0.155. The molecule has 0 aromatic heterocycles. The van der Waals surface area contributed by atoms with Crippen LogP contribution in [0.25, 0.3) is 6.08 Å². The number of ether oxygens (including phenoxy) is 1. The Bertz CT molecular complexity index is 417. The molecule has 0 N–H and O–H groups in total. The zero-order valence-corrected chi connectivity index (χ0v) is 11.1. The third-order valence-corrected chi connectivity index (χ3v) is 3.28. The summed E-state index contributed by atoms with van der Waals surface area (Å²) in [5.41, 5.74) is 3.88. The molecule has 0 radical (unpaired) electrons. The molecule has 1 aliphatic rings. The van der Waals surface area contributed by atoms with Gasteiger partial charge in [0.05, 0.1) is 0 Å². The summed E-state index contributed by atoms with van der Waals surface area (Å²) in [5.74, 6) is 0.955. The summed E-state index contributed by atoms with van der Waals surface area (Å²) in [7, 11) is 2.17. The standard InChI is InChI=1S/C16H21NO/c1-3-6-14-8-10-15(11-9-14)18-16-7-4-5-12-17(2)13-16/h6,8-11,16H,1,4-5,7,12-13H2,2H3. The van der Waals surface area contributed by atoms with Gasteiger partial charge in [0.15, 0.2) is 0 Å². The predicted octanol–water partition coefficient (Wildman–Crippen LogP) is 3.35. The van der Waals surface area contributed by atoms with Crippen molar-refractivity contribution in [1.29, 1.82) is 0 Å². The molecule has 1 aliphatic heterocycles. The van der Waals surface area contributed by atoms with Crippen LogP contribution in [0.5, 0.6) is 5.75 Å². The molecule has 0 spiro atoms. The zero-order valence-electron chi connectivity index (χ0n) is 11.1. The number of nitrogens with zero attached hydrogens (tertiary/aromatic N) is 1. The number of rotatable bonds is 3. The van der Waals surface area contributed by atoms with Crippen molar-refractivity contribution in [3.8, 4) is 5.75 Å². The molecular formula is C16H21NO. The van der Waals surface area contributed by atoms with Crippen LogP contribution in [0.4, 0.5) is 0 Å². The summed E-state index contributed by atoms with van der Waals surface area (Å²) >= 11 is 0. The number of likely N-dealkylation sites (N-methyl/N-ethyl adjacent to an activating group) is 1. The van der Waals surface area contributed by atoms with Gasteiger partial charge in [-0.25, -0.2) is 0 Å². The molecule has 1 unspecified atom stereocenters. The monoisotopic (exact) mass is 243 g/mol. The first-order valence-corrected chi connectivity index (χ1v) is 6.59. The molecule has 18 heavy (non-hydrogen) atoms. The molecule has 1 atom stereocenters. The van der Waals surface area contributed by atoms with Crippen molar-refractivity contribution in [2.24, 2.45) is 0 Å². The van der Waals surface area contributed by atoms with Crippen molar-refractivity contribution in [3.05, 3.63) is 42.1 Å². The minimum atomic E-state index is 0.318. The third-order valence-electron chi connectivity index (χ3n) is 3.28. The van der Waals surface area contributed by atoms with Gasteiger partial charge < -0.3 is 9.64 Å². The predicted molar refractivity (Wildman–Crippen MR) is 75.8 cm³/mol. The summed E-state index contributed by atoms with van der Waals surface area (Å²) in [6, 6.07) is 8.12. The van der Waals surface area contributed by atoms with Crippen molar-refractivity contribution in [3.63, 3.8) is 0 Å². The van der Waals surface area contributed by atoms with Crippen molar-refractivity contribution < 1.29 is 4.74 Å². The van der Waals surface area contributed by atoms with Gasteiger partial charge in [0, 0.05) is 6.54 Å². The lowest BCUT2D eigenvalue weighted by Gasteiger charge is -2.21. The topological polar surface area (TPSA) is 12.5 Å². The van der Waals surface area contributed by atoms with Crippen LogP contribution in [-0.4, -0.2) is 31.1 Å². The second-order valence-corrected chi connectivity index (χ2v) is 4.92. The van der Waals surface area contributed by atoms with E-state index in [1.807, 2.05) is 30.3 Å². The first-order valence-electron chi connectivity index (χ1n) is 6.59. The molecule has 1 heterocycles. The van der Waals surface area contributed by atoms with Crippen LogP contribution < -0.4 is 4.74 Å². The van der Waals surface area contributed by atoms with Gasteiger partial charge in [0.1, 0.15) is 11.9 Å². The highest BCUT2D eigenvalue weighted by atomic mass is 16.5. The van der Waals surface area contributed by atoms with Crippen LogP contribution in [0.15, 0.2) is 36.6 Å². The van der Waals surface area contributed by atoms with E-state index < -0.39 is 0 Å². The second kappa shape index (κ2) is 6.44. The Labute approximate surface area is 110 Å². The largest absolute Gasteiger partial charge is 0.489 e. The summed E-state index contributed by atoms with van der Waals surface area (Å²) in [4.78, 5) is 2.35. The summed E-state index contributed by atoms with van der Waals surface area (Å²) in [6.07, 6.45) is 5.87. The molecule has 1 aromatic carbocycles. The van der Waals surface area contributed by atoms with E-state index in [9.17, 15) is 0 Å². The molecule has 0 amide bonds. The van der Waals surface area contributed by atoms with E-state index in [-0.39, 0.29) is 0 Å². The molecule has 1 aromatic rings. The Hall–Kier alpha value is -1.50. The first kappa shape index (κ1) is 12.9. The molecule has 2 nitrogen and oxygen atoms in total. The SMILES string of the molecule is C=C=Cc1ccc(OC2CCCCN(C)C2)cc1. The summed E-state index contributed by atoms with van der Waals surface area (Å²) in [5, 5.41) is 0. The number of likely N-dealkylation sites (tertiary alicyclic amines) is 1. The van der Waals surface area contributed by atoms with Gasteiger partial charge in [0.2, 0.25) is 0 Å². The van der Waals surface area contributed by atoms with Crippen LogP contribution in [0.3, 0.4) is 0 Å². The van der Waals surface area contributed by atoms with E-state index in [1.54, 1.807) is 0 Å². The van der Waals surface area contributed by atoms with Crippen LogP contribution in [0.2, 0.25) is 0 Å². The maximum atomic E-state index is 6.05. The van der Waals surface area contributed by atoms with Crippen molar-refractivity contribution >= 4 is 6.08 Å². The highest BCUT2D eigenvalue weighted by molar-refractivity contribution is 5.49. The quantitative estimate of drug-likeness (QED) is 0.755. The normalized spacial score (nSPS) is 20.8. The van der Waals surface area contributed by atoms with Crippen LogP contribution in [0, 0.1) is 0 Å². The molecule has 0 saturated carbocycles. The van der Waals surface area contributed by atoms with E-state index >= 15 is 0 Å². The van der Waals surface area contributed by atoms with Crippen LogP contribution >= 0.6 is 0 Å². The van der Waals surface area contributed by atoms with Crippen molar-refractivity contribution in [2.45, 2.75) is 25.4 Å². The number of hydrogen-bond donors (Lipinski definition) is 0. The van der Waals surface area contributed by atoms with E-state index in [1.165, 1.54) is 19.4 Å². The Kier molecular flexibility index (Phi) is 4.63. The van der Waals surface area contributed by atoms with E-state index in [0.29, 0.717) is 6.10 Å². The van der Waals surface area contributed by atoms with E-state index in [2.05, 4.69) is 24.3 Å². The van der Waals surface area contributed by atoms with Crippen LogP contribution in [0.1, 0.15) is 24.8 Å². The molecule has 2 heteroatoms. The molecule has 0 bridgehead atoms. The van der Waals surface area contributed by atoms with Crippen molar-refractivity contribution in [1.82, 2.24) is 4.90 Å². The van der Waals surface area contributed by atoms with E-state index in [0.717, 1.165) is 24.3 Å². The maximum Gasteiger partial charge on any atom is 0.119 e. The van der Waals surface area contributed by atoms with Gasteiger partial charge in [0.25, 0.3) is 0 Å². The molecule has 0 aliphatic carbocycles. The van der Waals surface area contributed by atoms with Gasteiger partial charge in [-0.3, -0.25) is 0 Å². The number of benzene rings is 1. The van der Waals surface area contributed by atoms with E-state index in [4.69, 9.17) is 4.74 Å². The van der Waals surface area contributed by atoms with Crippen LogP contribution in [-0.2, 0) is 0 Å². The molecule has 96 valence electrons. The Morgan fingerprint density at radius 1 is 1.33 bits per heavy atom. The van der Waals surface area contributed by atoms with Gasteiger partial charge >= 0.3 is 0 Å². The van der Waals surface area contributed by atoms with Gasteiger partial charge in [-0.05, 0) is 56.6 Å². The first-order chi connectivity index (χ1) is 8.78. The van der Waals surface area contributed by atoms with Gasteiger partial charge in [-0.2, -0.15) is 0 Å². The summed E-state index contributed by atoms with van der Waals surface area (Å²) < 4.78 is 6.05. The Morgan fingerprint density at radius 3 is 2.83 bits per heavy atom. The minimum Gasteiger partial charge on any atom is -0.489 e. The molecule has 2 rings (SSSR count). The van der Waals surface area contributed by atoms with Gasteiger partial charge in [-0.1, -0.05) is 18.7 Å². The fourth-order valence-corrected chi connectivity index (χ4v) is 2.33. The second-order valence-electron chi connectivity index (χ2n) is 4.92.